The number of quaternary nitrogens is 1. The Labute approximate surface area is 125 Å². The van der Waals surface area contributed by atoms with E-state index in [0.717, 1.165) is 36.9 Å². The van der Waals surface area contributed by atoms with E-state index in [1.54, 1.807) is 11.8 Å². The molecule has 0 aliphatic carbocycles. The van der Waals surface area contributed by atoms with Crippen LogP contribution in [-0.2, 0) is 9.53 Å². The van der Waals surface area contributed by atoms with Crippen molar-refractivity contribution in [2.75, 3.05) is 53.1 Å². The molecule has 5 nitrogen and oxygen atoms in total. The monoisotopic (exact) mass is 306 g/mol. The highest BCUT2D eigenvalue weighted by molar-refractivity contribution is 8.00. The number of hydrogen-bond donors (Lipinski definition) is 2. The molecule has 1 atom stereocenters. The first-order valence-corrected chi connectivity index (χ1v) is 8.01. The van der Waals surface area contributed by atoms with Crippen LogP contribution in [0.4, 0.5) is 0 Å². The van der Waals surface area contributed by atoms with Crippen molar-refractivity contribution in [1.82, 2.24) is 10.2 Å². The molecular weight excluding hydrogens is 282 g/mol. The van der Waals surface area contributed by atoms with Gasteiger partial charge in [-0.3, -0.25) is 4.79 Å². The Balaban J connectivity index is 2.29. The third kappa shape index (κ3) is 5.97. The van der Waals surface area contributed by atoms with Gasteiger partial charge in [0.15, 0.2) is 5.11 Å². The van der Waals surface area contributed by atoms with E-state index in [4.69, 9.17) is 17.0 Å². The molecule has 1 aliphatic heterocycles. The first kappa shape index (κ1) is 16.5. The topological polar surface area (TPSA) is 46.0 Å². The van der Waals surface area contributed by atoms with E-state index in [9.17, 15) is 4.79 Å². The molecular formula is C12H24N3O2S2+. The van der Waals surface area contributed by atoms with Gasteiger partial charge in [-0.1, -0.05) is 0 Å². The Morgan fingerprint density at radius 2 is 2.32 bits per heavy atom. The third-order valence-corrected chi connectivity index (χ3v) is 4.51. The Morgan fingerprint density at radius 3 is 2.95 bits per heavy atom. The molecule has 0 saturated carbocycles. The molecule has 0 aromatic carbocycles. The molecule has 1 saturated heterocycles. The Morgan fingerprint density at radius 1 is 1.58 bits per heavy atom. The predicted octanol–water partition coefficient (Wildman–Crippen LogP) is -1.01. The summed E-state index contributed by atoms with van der Waals surface area (Å²) in [5.74, 6) is 0.748. The molecule has 0 spiro atoms. The van der Waals surface area contributed by atoms with E-state index < -0.39 is 0 Å². The first-order valence-electron chi connectivity index (χ1n) is 6.56. The quantitative estimate of drug-likeness (QED) is 0.385. The molecule has 7 heteroatoms. The van der Waals surface area contributed by atoms with E-state index in [1.165, 1.54) is 12.0 Å². The lowest BCUT2D eigenvalue weighted by Gasteiger charge is -2.33. The van der Waals surface area contributed by atoms with Crippen molar-refractivity contribution in [2.45, 2.75) is 11.7 Å². The molecule has 19 heavy (non-hydrogen) atoms. The number of methoxy groups -OCH3 is 1. The van der Waals surface area contributed by atoms with Gasteiger partial charge in [0.2, 0.25) is 0 Å². The van der Waals surface area contributed by atoms with Crippen molar-refractivity contribution in [3.05, 3.63) is 0 Å². The maximum atomic E-state index is 11.5. The van der Waals surface area contributed by atoms with Crippen LogP contribution in [0.5, 0.6) is 0 Å². The lowest BCUT2D eigenvalue weighted by Crippen LogP contribution is -3.05. The van der Waals surface area contributed by atoms with Crippen molar-refractivity contribution in [3.63, 3.8) is 0 Å². The van der Waals surface area contributed by atoms with E-state index >= 15 is 0 Å². The summed E-state index contributed by atoms with van der Waals surface area (Å²) in [5.41, 5.74) is 0. The number of thiocarbonyl (C=S) groups is 1. The molecule has 110 valence electrons. The van der Waals surface area contributed by atoms with Gasteiger partial charge in [0, 0.05) is 31.8 Å². The Kier molecular flexibility index (Phi) is 7.48. The zero-order valence-corrected chi connectivity index (χ0v) is 13.5. The fourth-order valence-electron chi connectivity index (χ4n) is 1.86. The van der Waals surface area contributed by atoms with Crippen LogP contribution >= 0.6 is 24.0 Å². The second-order valence-corrected chi connectivity index (χ2v) is 6.57. The fraction of sp³-hybridized carbons (Fsp3) is 0.833. The van der Waals surface area contributed by atoms with Crippen molar-refractivity contribution >= 4 is 35.1 Å². The molecule has 1 heterocycles. The average molecular weight is 306 g/mol. The maximum absolute atomic E-state index is 11.5. The van der Waals surface area contributed by atoms with Gasteiger partial charge in [0.05, 0.1) is 27.7 Å². The number of rotatable bonds is 5. The molecule has 2 N–H and O–H groups in total. The summed E-state index contributed by atoms with van der Waals surface area (Å²) in [6, 6.07) is 0. The minimum atomic E-state index is -0.159. The zero-order chi connectivity index (χ0) is 14.3. The van der Waals surface area contributed by atoms with Gasteiger partial charge < -0.3 is 19.9 Å². The van der Waals surface area contributed by atoms with Gasteiger partial charge in [-0.05, 0) is 12.2 Å². The van der Waals surface area contributed by atoms with Gasteiger partial charge in [-0.2, -0.15) is 0 Å². The van der Waals surface area contributed by atoms with Crippen LogP contribution < -0.4 is 10.2 Å². The van der Waals surface area contributed by atoms with Crippen LogP contribution in [0, 0.1) is 0 Å². The van der Waals surface area contributed by atoms with Crippen molar-refractivity contribution in [2.24, 2.45) is 0 Å². The molecule has 1 fully saturated rings. The number of carbonyl (C=O) groups is 1. The van der Waals surface area contributed by atoms with E-state index in [2.05, 4.69) is 24.3 Å². The molecule has 0 aromatic rings. The van der Waals surface area contributed by atoms with Crippen LogP contribution in [0.15, 0.2) is 0 Å². The van der Waals surface area contributed by atoms with Crippen molar-refractivity contribution < 1.29 is 14.4 Å². The van der Waals surface area contributed by atoms with Crippen LogP contribution in [-0.4, -0.2) is 74.4 Å². The van der Waals surface area contributed by atoms with Crippen LogP contribution in [0.25, 0.3) is 0 Å². The van der Waals surface area contributed by atoms with Crippen molar-refractivity contribution in [1.29, 1.82) is 0 Å². The highest BCUT2D eigenvalue weighted by Gasteiger charge is 2.28. The van der Waals surface area contributed by atoms with Gasteiger partial charge in [0.1, 0.15) is 5.25 Å². The second-order valence-electron chi connectivity index (χ2n) is 4.87. The van der Waals surface area contributed by atoms with Crippen LogP contribution in [0.1, 0.15) is 6.42 Å². The van der Waals surface area contributed by atoms with Gasteiger partial charge in [-0.15, -0.1) is 11.8 Å². The Bertz CT molecular complexity index is 313. The molecule has 0 aromatic heterocycles. The molecule has 0 radical (unpaired) electrons. The summed E-state index contributed by atoms with van der Waals surface area (Å²) >= 11 is 7.02. The summed E-state index contributed by atoms with van der Waals surface area (Å²) < 4.78 is 4.79. The summed E-state index contributed by atoms with van der Waals surface area (Å²) in [4.78, 5) is 15.0. The normalized spacial score (nSPS) is 19.4. The summed E-state index contributed by atoms with van der Waals surface area (Å²) in [6.07, 6.45) is 1.09. The summed E-state index contributed by atoms with van der Waals surface area (Å²) in [6.45, 7) is 3.54. The minimum Gasteiger partial charge on any atom is -0.468 e. The first-order chi connectivity index (χ1) is 9.04. The van der Waals surface area contributed by atoms with Crippen LogP contribution in [0.3, 0.4) is 0 Å². The second kappa shape index (κ2) is 8.60. The molecule has 0 amide bonds. The highest BCUT2D eigenvalue weighted by atomic mass is 32.2. The van der Waals surface area contributed by atoms with Gasteiger partial charge in [-0.25, -0.2) is 0 Å². The molecule has 1 rings (SSSR count). The maximum Gasteiger partial charge on any atom is 0.320 e. The SMILES string of the molecule is COC(=O)[C@H]1CN(C(=S)NCCC[NH+](C)C)CCS1. The molecule has 0 unspecified atom stereocenters. The van der Waals surface area contributed by atoms with Crippen LogP contribution in [0.2, 0.25) is 0 Å². The van der Waals surface area contributed by atoms with E-state index in [1.807, 2.05) is 0 Å². The molecule has 0 bridgehead atoms. The van der Waals surface area contributed by atoms with Gasteiger partial charge >= 0.3 is 5.97 Å². The smallest absolute Gasteiger partial charge is 0.320 e. The third-order valence-electron chi connectivity index (χ3n) is 2.95. The number of esters is 1. The van der Waals surface area contributed by atoms with E-state index in [0.29, 0.717) is 6.54 Å². The fourth-order valence-corrected chi connectivity index (χ4v) is 3.25. The number of carbonyl (C=O) groups excluding carboxylic acids is 1. The standard InChI is InChI=1S/C12H23N3O2S2/c1-14(2)6-4-5-13-12(18)15-7-8-19-10(9-15)11(16)17-3/h10H,4-9H2,1-3H3,(H,13,18)/p+1/t10-/m1/s1. The van der Waals surface area contributed by atoms with Gasteiger partial charge in [0.25, 0.3) is 0 Å². The van der Waals surface area contributed by atoms with E-state index in [-0.39, 0.29) is 11.2 Å². The minimum absolute atomic E-state index is 0.121. The number of nitrogens with one attached hydrogen (secondary N) is 2. The number of hydrogen-bond acceptors (Lipinski definition) is 4. The Hall–Kier alpha value is -0.530. The lowest BCUT2D eigenvalue weighted by molar-refractivity contribution is -0.858. The van der Waals surface area contributed by atoms with Crippen molar-refractivity contribution in [3.8, 4) is 0 Å². The number of ether oxygens (including phenoxy) is 1. The lowest BCUT2D eigenvalue weighted by atomic mass is 10.3. The summed E-state index contributed by atoms with van der Waals surface area (Å²) in [5, 5.41) is 3.90. The number of thioether (sulfide) groups is 1. The largest absolute Gasteiger partial charge is 0.468 e. The zero-order valence-electron chi connectivity index (χ0n) is 11.9. The molecule has 1 aliphatic rings. The average Bonchev–Trinajstić information content (AvgIpc) is 2.42. The highest BCUT2D eigenvalue weighted by Crippen LogP contribution is 2.19. The predicted molar refractivity (Wildman–Crippen MR) is 82.7 cm³/mol. The number of nitrogens with zero attached hydrogens (tertiary/aromatic N) is 1. The summed E-state index contributed by atoms with van der Waals surface area (Å²) in [7, 11) is 5.71.